The first kappa shape index (κ1) is 11.3. The molecule has 0 bridgehead atoms. The van der Waals surface area contributed by atoms with Gasteiger partial charge in [-0.1, -0.05) is 25.6 Å². The lowest BCUT2D eigenvalue weighted by Crippen LogP contribution is -2.07. The maximum absolute atomic E-state index is 5.36. The maximum atomic E-state index is 5.36. The van der Waals surface area contributed by atoms with Gasteiger partial charge in [-0.25, -0.2) is 0 Å². The summed E-state index contributed by atoms with van der Waals surface area (Å²) in [6.07, 6.45) is 3.69. The van der Waals surface area contributed by atoms with Gasteiger partial charge in [0.2, 0.25) is 0 Å². The zero-order valence-electron chi connectivity index (χ0n) is 9.67. The minimum atomic E-state index is 0.364. The van der Waals surface area contributed by atoms with Crippen LogP contribution >= 0.6 is 11.8 Å². The minimum Gasteiger partial charge on any atom is -0.467 e. The van der Waals surface area contributed by atoms with E-state index in [1.165, 1.54) is 0 Å². The Morgan fingerprint density at radius 3 is 2.81 bits per heavy atom. The zero-order chi connectivity index (χ0) is 11.5. The maximum Gasteiger partial charge on any atom is 0.191 e. The predicted molar refractivity (Wildman–Crippen MR) is 63.7 cm³/mol. The van der Waals surface area contributed by atoms with Crippen molar-refractivity contribution in [2.24, 2.45) is 0 Å². The molecule has 2 heterocycles. The summed E-state index contributed by atoms with van der Waals surface area (Å²) in [5.74, 6) is 2.29. The third-order valence-corrected chi connectivity index (χ3v) is 3.01. The number of nitrogens with zero attached hydrogens (tertiary/aromatic N) is 3. The van der Waals surface area contributed by atoms with Crippen LogP contribution in [0.15, 0.2) is 28.0 Å². The van der Waals surface area contributed by atoms with Crippen molar-refractivity contribution in [1.82, 2.24) is 14.8 Å². The average Bonchev–Trinajstić information content (AvgIpc) is 2.87. The van der Waals surface area contributed by atoms with E-state index >= 15 is 0 Å². The number of furan rings is 1. The molecule has 0 aromatic carbocycles. The van der Waals surface area contributed by atoms with Crippen molar-refractivity contribution in [3.8, 4) is 0 Å². The number of aromatic nitrogens is 3. The smallest absolute Gasteiger partial charge is 0.191 e. The van der Waals surface area contributed by atoms with Crippen molar-refractivity contribution in [2.75, 3.05) is 6.26 Å². The molecule has 5 heteroatoms. The molecule has 2 aromatic heterocycles. The molecule has 0 amide bonds. The second-order valence-corrected chi connectivity index (χ2v) is 4.64. The third-order valence-electron chi connectivity index (χ3n) is 2.34. The fourth-order valence-corrected chi connectivity index (χ4v) is 2.09. The van der Waals surface area contributed by atoms with E-state index in [1.54, 1.807) is 18.0 Å². The summed E-state index contributed by atoms with van der Waals surface area (Å²) < 4.78 is 7.46. The first-order valence-electron chi connectivity index (χ1n) is 5.22. The molecule has 2 rings (SSSR count). The summed E-state index contributed by atoms with van der Waals surface area (Å²) in [6.45, 7) is 4.93. The fourth-order valence-electron chi connectivity index (χ4n) is 1.59. The zero-order valence-corrected chi connectivity index (χ0v) is 10.5. The molecule has 0 atom stereocenters. The molecular formula is C11H15N3OS. The van der Waals surface area contributed by atoms with Crippen molar-refractivity contribution >= 4 is 11.8 Å². The number of hydrogen-bond donors (Lipinski definition) is 0. The highest BCUT2D eigenvalue weighted by molar-refractivity contribution is 7.98. The minimum absolute atomic E-state index is 0.364. The van der Waals surface area contributed by atoms with Crippen molar-refractivity contribution in [3.63, 3.8) is 0 Å². The molecule has 4 nitrogen and oxygen atoms in total. The van der Waals surface area contributed by atoms with Gasteiger partial charge in [-0.3, -0.25) is 4.57 Å². The number of rotatable bonds is 4. The second kappa shape index (κ2) is 4.74. The highest BCUT2D eigenvalue weighted by Crippen LogP contribution is 2.20. The Kier molecular flexibility index (Phi) is 3.33. The van der Waals surface area contributed by atoms with Gasteiger partial charge in [-0.05, 0) is 18.4 Å². The van der Waals surface area contributed by atoms with E-state index in [1.807, 2.05) is 18.4 Å². The molecule has 0 saturated carbocycles. The normalized spacial score (nSPS) is 11.2. The molecule has 0 spiro atoms. The largest absolute Gasteiger partial charge is 0.467 e. The standard InChI is InChI=1S/C11H15N3OS/c1-8(2)10-12-13-11(16-3)14(10)7-9-5-4-6-15-9/h4-6,8H,7H2,1-3H3. The number of thioether (sulfide) groups is 1. The Morgan fingerprint density at radius 1 is 1.44 bits per heavy atom. The van der Waals surface area contributed by atoms with E-state index in [4.69, 9.17) is 4.42 Å². The van der Waals surface area contributed by atoms with Crippen LogP contribution in [0.1, 0.15) is 31.4 Å². The third kappa shape index (κ3) is 2.14. The highest BCUT2D eigenvalue weighted by Gasteiger charge is 2.15. The van der Waals surface area contributed by atoms with Gasteiger partial charge in [0.25, 0.3) is 0 Å². The van der Waals surface area contributed by atoms with E-state index in [0.29, 0.717) is 12.5 Å². The van der Waals surface area contributed by atoms with Gasteiger partial charge in [-0.15, -0.1) is 10.2 Å². The van der Waals surface area contributed by atoms with E-state index in [2.05, 4.69) is 28.6 Å². The van der Waals surface area contributed by atoms with Crippen LogP contribution in [-0.4, -0.2) is 21.0 Å². The fraction of sp³-hybridized carbons (Fsp3) is 0.455. The first-order chi connectivity index (χ1) is 7.72. The van der Waals surface area contributed by atoms with Crippen LogP contribution in [0.5, 0.6) is 0 Å². The van der Waals surface area contributed by atoms with Crippen LogP contribution in [0.3, 0.4) is 0 Å². The van der Waals surface area contributed by atoms with Crippen LogP contribution in [0.25, 0.3) is 0 Å². The van der Waals surface area contributed by atoms with Crippen LogP contribution < -0.4 is 0 Å². The Labute approximate surface area is 99.1 Å². The topological polar surface area (TPSA) is 43.9 Å². The Morgan fingerprint density at radius 2 is 2.25 bits per heavy atom. The van der Waals surface area contributed by atoms with E-state index in [-0.39, 0.29) is 0 Å². The molecular weight excluding hydrogens is 222 g/mol. The average molecular weight is 237 g/mol. The van der Waals surface area contributed by atoms with Gasteiger partial charge in [0, 0.05) is 5.92 Å². The molecule has 0 fully saturated rings. The summed E-state index contributed by atoms with van der Waals surface area (Å²) in [7, 11) is 0. The van der Waals surface area contributed by atoms with Crippen LogP contribution in [-0.2, 0) is 6.54 Å². The van der Waals surface area contributed by atoms with Gasteiger partial charge < -0.3 is 4.42 Å². The molecule has 86 valence electrons. The van der Waals surface area contributed by atoms with E-state index < -0.39 is 0 Å². The predicted octanol–water partition coefficient (Wildman–Crippen LogP) is 2.76. The lowest BCUT2D eigenvalue weighted by Gasteiger charge is -2.09. The van der Waals surface area contributed by atoms with Gasteiger partial charge in [0.15, 0.2) is 5.16 Å². The van der Waals surface area contributed by atoms with Gasteiger partial charge in [0.05, 0.1) is 12.8 Å². The Balaban J connectivity index is 2.33. The lowest BCUT2D eigenvalue weighted by molar-refractivity contribution is 0.475. The molecule has 16 heavy (non-hydrogen) atoms. The number of hydrogen-bond acceptors (Lipinski definition) is 4. The first-order valence-corrected chi connectivity index (χ1v) is 6.44. The Hall–Kier alpha value is -1.23. The summed E-state index contributed by atoms with van der Waals surface area (Å²) in [5, 5.41) is 9.32. The van der Waals surface area contributed by atoms with Gasteiger partial charge in [-0.2, -0.15) is 0 Å². The van der Waals surface area contributed by atoms with Crippen molar-refractivity contribution in [3.05, 3.63) is 30.0 Å². The molecule has 2 aromatic rings. The van der Waals surface area contributed by atoms with Crippen molar-refractivity contribution < 1.29 is 4.42 Å². The molecule has 0 N–H and O–H groups in total. The summed E-state index contributed by atoms with van der Waals surface area (Å²) in [5.41, 5.74) is 0. The SMILES string of the molecule is CSc1nnc(C(C)C)n1Cc1ccco1. The quantitative estimate of drug-likeness (QED) is 0.767. The summed E-state index contributed by atoms with van der Waals surface area (Å²) >= 11 is 1.60. The molecule has 0 aliphatic heterocycles. The van der Waals surface area contributed by atoms with Gasteiger partial charge >= 0.3 is 0 Å². The Bertz CT molecular complexity index is 448. The van der Waals surface area contributed by atoms with E-state index in [0.717, 1.165) is 16.7 Å². The molecule has 0 aliphatic rings. The molecule has 0 radical (unpaired) electrons. The van der Waals surface area contributed by atoms with Crippen LogP contribution in [0.4, 0.5) is 0 Å². The monoisotopic (exact) mass is 237 g/mol. The van der Waals surface area contributed by atoms with Crippen molar-refractivity contribution in [2.45, 2.75) is 31.5 Å². The van der Waals surface area contributed by atoms with Crippen LogP contribution in [0.2, 0.25) is 0 Å². The van der Waals surface area contributed by atoms with E-state index in [9.17, 15) is 0 Å². The molecule has 0 saturated heterocycles. The highest BCUT2D eigenvalue weighted by atomic mass is 32.2. The summed E-state index contributed by atoms with van der Waals surface area (Å²) in [4.78, 5) is 0. The van der Waals surface area contributed by atoms with Gasteiger partial charge in [0.1, 0.15) is 11.6 Å². The summed E-state index contributed by atoms with van der Waals surface area (Å²) in [6, 6.07) is 3.86. The second-order valence-electron chi connectivity index (χ2n) is 3.87. The molecule has 0 unspecified atom stereocenters. The lowest BCUT2D eigenvalue weighted by atomic mass is 10.2. The van der Waals surface area contributed by atoms with Crippen LogP contribution in [0, 0.1) is 0 Å². The van der Waals surface area contributed by atoms with Crippen molar-refractivity contribution in [1.29, 1.82) is 0 Å². The molecule has 0 aliphatic carbocycles.